The van der Waals surface area contributed by atoms with Crippen molar-refractivity contribution in [1.29, 1.82) is 0 Å². The van der Waals surface area contributed by atoms with Gasteiger partial charge < -0.3 is 0 Å². The predicted molar refractivity (Wildman–Crippen MR) is 84.5 cm³/mol. The number of fused-ring (bicyclic) bond motifs is 1. The van der Waals surface area contributed by atoms with Crippen LogP contribution in [-0.2, 0) is 0 Å². The molecule has 0 bridgehead atoms. The van der Waals surface area contributed by atoms with E-state index in [1.165, 1.54) is 6.07 Å². The summed E-state index contributed by atoms with van der Waals surface area (Å²) in [6.45, 7) is 0. The van der Waals surface area contributed by atoms with Crippen molar-refractivity contribution in [3.63, 3.8) is 0 Å². The van der Waals surface area contributed by atoms with Gasteiger partial charge in [0.15, 0.2) is 0 Å². The molecular formula is C17H14ClFN2. The second-order valence-electron chi connectivity index (χ2n) is 4.81. The predicted octanol–water partition coefficient (Wildman–Crippen LogP) is 4.19. The number of hydrogen-bond acceptors (Lipinski definition) is 2. The Morgan fingerprint density at radius 1 is 0.905 bits per heavy atom. The molecule has 1 atom stereocenters. The van der Waals surface area contributed by atoms with E-state index in [4.69, 9.17) is 17.4 Å². The standard InChI is InChI=1S/C17H14ClFN2/c18-15-10-4-9-14(16(15)19)17(21-20)13-8-3-6-11-5-1-2-7-12(11)13/h1-10,17,21H,20H2. The highest BCUT2D eigenvalue weighted by atomic mass is 35.5. The number of rotatable bonds is 3. The summed E-state index contributed by atoms with van der Waals surface area (Å²) in [6, 6.07) is 18.3. The lowest BCUT2D eigenvalue weighted by atomic mass is 9.94. The molecule has 0 aliphatic rings. The van der Waals surface area contributed by atoms with Gasteiger partial charge in [0, 0.05) is 5.56 Å². The first-order valence-corrected chi connectivity index (χ1v) is 6.98. The summed E-state index contributed by atoms with van der Waals surface area (Å²) >= 11 is 5.88. The van der Waals surface area contributed by atoms with Gasteiger partial charge in [-0.3, -0.25) is 5.84 Å². The highest BCUT2D eigenvalue weighted by molar-refractivity contribution is 6.30. The minimum absolute atomic E-state index is 0.0907. The number of nitrogens with two attached hydrogens (primary N) is 1. The third kappa shape index (κ3) is 2.51. The van der Waals surface area contributed by atoms with E-state index in [0.717, 1.165) is 16.3 Å². The molecule has 2 nitrogen and oxygen atoms in total. The van der Waals surface area contributed by atoms with Gasteiger partial charge in [-0.15, -0.1) is 0 Å². The quantitative estimate of drug-likeness (QED) is 0.562. The molecule has 21 heavy (non-hydrogen) atoms. The topological polar surface area (TPSA) is 38.0 Å². The van der Waals surface area contributed by atoms with Crippen LogP contribution < -0.4 is 11.3 Å². The lowest BCUT2D eigenvalue weighted by Gasteiger charge is -2.20. The summed E-state index contributed by atoms with van der Waals surface area (Å²) < 4.78 is 14.3. The maximum atomic E-state index is 14.3. The van der Waals surface area contributed by atoms with Crippen LogP contribution in [0.2, 0.25) is 5.02 Å². The van der Waals surface area contributed by atoms with E-state index in [-0.39, 0.29) is 5.02 Å². The van der Waals surface area contributed by atoms with Gasteiger partial charge in [-0.1, -0.05) is 66.2 Å². The largest absolute Gasteiger partial charge is 0.271 e. The first-order valence-electron chi connectivity index (χ1n) is 6.60. The summed E-state index contributed by atoms with van der Waals surface area (Å²) in [7, 11) is 0. The van der Waals surface area contributed by atoms with Gasteiger partial charge in [0.1, 0.15) is 5.82 Å². The maximum Gasteiger partial charge on any atom is 0.146 e. The Kier molecular flexibility index (Phi) is 3.88. The Bertz CT molecular complexity index is 783. The van der Waals surface area contributed by atoms with Gasteiger partial charge in [-0.2, -0.15) is 0 Å². The average molecular weight is 301 g/mol. The van der Waals surface area contributed by atoms with E-state index >= 15 is 0 Å². The Morgan fingerprint density at radius 3 is 2.38 bits per heavy atom. The summed E-state index contributed by atoms with van der Waals surface area (Å²) in [4.78, 5) is 0. The molecule has 3 aromatic rings. The first kappa shape index (κ1) is 14.0. The monoisotopic (exact) mass is 300 g/mol. The van der Waals surface area contributed by atoms with Gasteiger partial charge in [0.05, 0.1) is 11.1 Å². The number of benzene rings is 3. The van der Waals surface area contributed by atoms with Crippen LogP contribution in [0.4, 0.5) is 4.39 Å². The molecular weight excluding hydrogens is 287 g/mol. The summed E-state index contributed by atoms with van der Waals surface area (Å²) in [5.74, 6) is 5.24. The third-order valence-corrected chi connectivity index (χ3v) is 3.89. The number of hydrogen-bond donors (Lipinski definition) is 2. The van der Waals surface area contributed by atoms with Crippen molar-refractivity contribution in [3.05, 3.63) is 82.6 Å². The highest BCUT2D eigenvalue weighted by Crippen LogP contribution is 2.31. The molecule has 0 amide bonds. The van der Waals surface area contributed by atoms with E-state index in [2.05, 4.69) is 5.43 Å². The molecule has 3 rings (SSSR count). The molecule has 0 aliphatic carbocycles. The molecule has 106 valence electrons. The Balaban J connectivity index is 2.21. The molecule has 0 heterocycles. The minimum Gasteiger partial charge on any atom is -0.271 e. The van der Waals surface area contributed by atoms with Gasteiger partial charge >= 0.3 is 0 Å². The van der Waals surface area contributed by atoms with Crippen LogP contribution >= 0.6 is 11.6 Å². The first-order chi connectivity index (χ1) is 10.2. The fourth-order valence-corrected chi connectivity index (χ4v) is 2.77. The zero-order valence-corrected chi connectivity index (χ0v) is 11.9. The number of hydrazine groups is 1. The van der Waals surface area contributed by atoms with Gasteiger partial charge in [0.25, 0.3) is 0 Å². The maximum absolute atomic E-state index is 14.3. The zero-order valence-electron chi connectivity index (χ0n) is 11.2. The van der Waals surface area contributed by atoms with Crippen molar-refractivity contribution in [3.8, 4) is 0 Å². The minimum atomic E-state index is -0.463. The van der Waals surface area contributed by atoms with Gasteiger partial charge in [-0.05, 0) is 22.4 Å². The number of halogens is 2. The molecule has 0 radical (unpaired) electrons. The molecule has 4 heteroatoms. The lowest BCUT2D eigenvalue weighted by molar-refractivity contribution is 0.562. The van der Waals surface area contributed by atoms with Crippen molar-refractivity contribution in [2.75, 3.05) is 0 Å². The van der Waals surface area contributed by atoms with Crippen LogP contribution in [0.1, 0.15) is 17.2 Å². The van der Waals surface area contributed by atoms with E-state index in [9.17, 15) is 4.39 Å². The van der Waals surface area contributed by atoms with Gasteiger partial charge in [-0.25, -0.2) is 9.82 Å². The fourth-order valence-electron chi connectivity index (χ4n) is 2.59. The molecule has 0 spiro atoms. The van der Waals surface area contributed by atoms with Crippen LogP contribution in [0.3, 0.4) is 0 Å². The average Bonchev–Trinajstić information content (AvgIpc) is 2.52. The van der Waals surface area contributed by atoms with Crippen molar-refractivity contribution in [1.82, 2.24) is 5.43 Å². The van der Waals surface area contributed by atoms with Crippen molar-refractivity contribution < 1.29 is 4.39 Å². The molecule has 1 unspecified atom stereocenters. The van der Waals surface area contributed by atoms with Crippen LogP contribution in [0.15, 0.2) is 60.7 Å². The Morgan fingerprint density at radius 2 is 1.57 bits per heavy atom. The molecule has 0 fully saturated rings. The Hall–Kier alpha value is -1.94. The van der Waals surface area contributed by atoms with Crippen LogP contribution in [0.5, 0.6) is 0 Å². The molecule has 3 N–H and O–H groups in total. The van der Waals surface area contributed by atoms with Crippen LogP contribution in [-0.4, -0.2) is 0 Å². The van der Waals surface area contributed by atoms with E-state index in [1.807, 2.05) is 42.5 Å². The van der Waals surface area contributed by atoms with E-state index in [1.54, 1.807) is 12.1 Å². The van der Waals surface area contributed by atoms with E-state index in [0.29, 0.717) is 5.56 Å². The second-order valence-corrected chi connectivity index (χ2v) is 5.22. The SMILES string of the molecule is NNC(c1cccc(Cl)c1F)c1cccc2ccccc12. The Labute approximate surface area is 127 Å². The smallest absolute Gasteiger partial charge is 0.146 e. The van der Waals surface area contributed by atoms with Crippen molar-refractivity contribution >= 4 is 22.4 Å². The van der Waals surface area contributed by atoms with Gasteiger partial charge in [0.2, 0.25) is 0 Å². The number of nitrogens with one attached hydrogen (secondary N) is 1. The van der Waals surface area contributed by atoms with E-state index < -0.39 is 11.9 Å². The zero-order chi connectivity index (χ0) is 14.8. The summed E-state index contributed by atoms with van der Waals surface area (Å²) in [5, 5.41) is 2.20. The van der Waals surface area contributed by atoms with Crippen molar-refractivity contribution in [2.24, 2.45) is 5.84 Å². The summed E-state index contributed by atoms with van der Waals surface area (Å²) in [6.07, 6.45) is 0. The third-order valence-electron chi connectivity index (χ3n) is 3.59. The van der Waals surface area contributed by atoms with Crippen LogP contribution in [0, 0.1) is 5.82 Å². The fraction of sp³-hybridized carbons (Fsp3) is 0.0588. The normalized spacial score (nSPS) is 12.5. The molecule has 0 saturated heterocycles. The highest BCUT2D eigenvalue weighted by Gasteiger charge is 2.19. The molecule has 0 aromatic heterocycles. The molecule has 0 aliphatic heterocycles. The lowest BCUT2D eigenvalue weighted by Crippen LogP contribution is -2.29. The molecule has 0 saturated carbocycles. The van der Waals surface area contributed by atoms with Crippen molar-refractivity contribution in [2.45, 2.75) is 6.04 Å². The summed E-state index contributed by atoms with van der Waals surface area (Å²) in [5.41, 5.74) is 4.04. The second kappa shape index (κ2) is 5.82. The molecule has 3 aromatic carbocycles. The van der Waals surface area contributed by atoms with Crippen LogP contribution in [0.25, 0.3) is 10.8 Å².